The van der Waals surface area contributed by atoms with Gasteiger partial charge in [-0.1, -0.05) is 25.1 Å². The Morgan fingerprint density at radius 3 is 2.47 bits per heavy atom. The summed E-state index contributed by atoms with van der Waals surface area (Å²) in [5.74, 6) is 1.04. The fourth-order valence-corrected chi connectivity index (χ4v) is 3.93. The third-order valence-corrected chi connectivity index (χ3v) is 5.52. The number of aryl methyl sites for hydroxylation is 1. The van der Waals surface area contributed by atoms with Gasteiger partial charge in [-0.05, 0) is 48.1 Å². The number of carbonyl (C=O) groups excluding carboxylic acids is 1. The van der Waals surface area contributed by atoms with Crippen molar-refractivity contribution in [3.63, 3.8) is 0 Å². The van der Waals surface area contributed by atoms with Crippen LogP contribution in [0.25, 0.3) is 10.9 Å². The minimum absolute atomic E-state index is 0.227. The number of ether oxygens (including phenoxy) is 1. The Kier molecular flexibility index (Phi) is 6.55. The van der Waals surface area contributed by atoms with E-state index in [4.69, 9.17) is 4.74 Å². The summed E-state index contributed by atoms with van der Waals surface area (Å²) >= 11 is 1.33. The van der Waals surface area contributed by atoms with Gasteiger partial charge in [0.2, 0.25) is 0 Å². The molecule has 0 atom stereocenters. The zero-order valence-corrected chi connectivity index (χ0v) is 17.6. The lowest BCUT2D eigenvalue weighted by atomic mass is 10.0. The van der Waals surface area contributed by atoms with E-state index in [2.05, 4.69) is 10.3 Å². The number of hydrogen-bond acceptors (Lipinski definition) is 4. The first-order valence-corrected chi connectivity index (χ1v) is 10.3. The highest BCUT2D eigenvalue weighted by Crippen LogP contribution is 2.34. The average Bonchev–Trinajstić information content (AvgIpc) is 2.72. The Hall–Kier alpha value is -2.74. The number of pyridine rings is 1. The van der Waals surface area contributed by atoms with Gasteiger partial charge in [0, 0.05) is 11.9 Å². The van der Waals surface area contributed by atoms with Crippen molar-refractivity contribution in [3.05, 3.63) is 64.7 Å². The van der Waals surface area contributed by atoms with E-state index in [0.717, 1.165) is 23.4 Å². The van der Waals surface area contributed by atoms with Crippen molar-refractivity contribution >= 4 is 28.6 Å². The highest BCUT2D eigenvalue weighted by molar-refractivity contribution is 7.99. The van der Waals surface area contributed by atoms with Crippen molar-refractivity contribution in [1.82, 2.24) is 10.3 Å². The van der Waals surface area contributed by atoms with Gasteiger partial charge in [0.1, 0.15) is 10.8 Å². The predicted octanol–water partition coefficient (Wildman–Crippen LogP) is 5.61. The topological polar surface area (TPSA) is 51.2 Å². The molecule has 3 rings (SSSR count). The molecule has 30 heavy (non-hydrogen) atoms. The molecule has 0 aliphatic heterocycles. The van der Waals surface area contributed by atoms with Crippen molar-refractivity contribution in [3.8, 4) is 5.75 Å². The first-order chi connectivity index (χ1) is 14.2. The van der Waals surface area contributed by atoms with Crippen LogP contribution in [0.5, 0.6) is 5.75 Å². The molecule has 0 spiro atoms. The number of hydrogen-bond donors (Lipinski definition) is 1. The number of fused-ring (bicyclic) bond motifs is 1. The quantitative estimate of drug-likeness (QED) is 0.512. The van der Waals surface area contributed by atoms with Crippen LogP contribution < -0.4 is 10.1 Å². The molecule has 0 fully saturated rings. The maximum Gasteiger partial charge on any atom is 0.416 e. The molecule has 1 heterocycles. The Bertz CT molecular complexity index is 1070. The molecule has 2 aromatic carbocycles. The van der Waals surface area contributed by atoms with E-state index in [0.29, 0.717) is 33.8 Å². The number of halogens is 3. The Labute approximate surface area is 176 Å². The van der Waals surface area contributed by atoms with E-state index in [1.165, 1.54) is 17.8 Å². The van der Waals surface area contributed by atoms with E-state index in [1.54, 1.807) is 26.2 Å². The van der Waals surface area contributed by atoms with Crippen LogP contribution in [0.2, 0.25) is 0 Å². The van der Waals surface area contributed by atoms with Crippen molar-refractivity contribution in [2.45, 2.75) is 31.6 Å². The van der Waals surface area contributed by atoms with Gasteiger partial charge < -0.3 is 10.1 Å². The van der Waals surface area contributed by atoms with Gasteiger partial charge in [-0.2, -0.15) is 13.2 Å². The second-order valence-electron chi connectivity index (χ2n) is 6.61. The molecular weight excluding hydrogens is 413 g/mol. The molecule has 0 saturated carbocycles. The zero-order valence-electron chi connectivity index (χ0n) is 16.8. The SMILES string of the molecule is CCSc1nc2cc(C(F)(F)F)ccc2c(C)c1C(=O)NCc1ccc(OC)cc1. The minimum atomic E-state index is -4.45. The second-order valence-corrected chi connectivity index (χ2v) is 7.86. The molecule has 0 unspecified atom stereocenters. The molecule has 3 aromatic rings. The molecule has 0 radical (unpaired) electrons. The third-order valence-electron chi connectivity index (χ3n) is 4.66. The molecule has 0 aliphatic rings. The van der Waals surface area contributed by atoms with Crippen LogP contribution in [-0.4, -0.2) is 23.8 Å². The van der Waals surface area contributed by atoms with Crippen molar-refractivity contribution in [1.29, 1.82) is 0 Å². The zero-order chi connectivity index (χ0) is 21.9. The van der Waals surface area contributed by atoms with Gasteiger partial charge in [-0.25, -0.2) is 4.98 Å². The molecular formula is C22H21F3N2O2S. The van der Waals surface area contributed by atoms with Gasteiger partial charge >= 0.3 is 6.18 Å². The molecule has 8 heteroatoms. The number of aromatic nitrogens is 1. The summed E-state index contributed by atoms with van der Waals surface area (Å²) in [6.07, 6.45) is -4.45. The number of benzene rings is 2. The lowest BCUT2D eigenvalue weighted by molar-refractivity contribution is -0.137. The standard InChI is InChI=1S/C22H21F3N2O2S/c1-4-30-21-19(20(28)26-12-14-5-8-16(29-3)9-6-14)13(2)17-10-7-15(22(23,24)25)11-18(17)27-21/h5-11H,4,12H2,1-3H3,(H,26,28). The molecule has 0 bridgehead atoms. The monoisotopic (exact) mass is 434 g/mol. The van der Waals surface area contributed by atoms with Gasteiger partial charge in [-0.15, -0.1) is 11.8 Å². The molecule has 4 nitrogen and oxygen atoms in total. The van der Waals surface area contributed by atoms with Crippen molar-refractivity contribution in [2.75, 3.05) is 12.9 Å². The minimum Gasteiger partial charge on any atom is -0.497 e. The van der Waals surface area contributed by atoms with Gasteiger partial charge in [0.05, 0.1) is 23.8 Å². The fraction of sp³-hybridized carbons (Fsp3) is 0.273. The lowest BCUT2D eigenvalue weighted by Crippen LogP contribution is -2.25. The molecule has 1 N–H and O–H groups in total. The van der Waals surface area contributed by atoms with Crippen LogP contribution in [0.15, 0.2) is 47.5 Å². The largest absolute Gasteiger partial charge is 0.497 e. The number of nitrogens with one attached hydrogen (secondary N) is 1. The van der Waals surface area contributed by atoms with E-state index in [-0.39, 0.29) is 11.4 Å². The summed E-state index contributed by atoms with van der Waals surface area (Å²) < 4.78 is 44.4. The summed E-state index contributed by atoms with van der Waals surface area (Å²) in [7, 11) is 1.58. The molecule has 1 aromatic heterocycles. The predicted molar refractivity (Wildman–Crippen MR) is 112 cm³/mol. The summed E-state index contributed by atoms with van der Waals surface area (Å²) in [6.45, 7) is 3.94. The van der Waals surface area contributed by atoms with E-state index >= 15 is 0 Å². The van der Waals surface area contributed by atoms with Crippen LogP contribution in [0.4, 0.5) is 13.2 Å². The van der Waals surface area contributed by atoms with Gasteiger partial charge in [0.15, 0.2) is 0 Å². The molecule has 0 aliphatic carbocycles. The van der Waals surface area contributed by atoms with Crippen LogP contribution in [-0.2, 0) is 12.7 Å². The number of thioether (sulfide) groups is 1. The number of methoxy groups -OCH3 is 1. The molecule has 0 saturated heterocycles. The van der Waals surface area contributed by atoms with Gasteiger partial charge in [0.25, 0.3) is 5.91 Å². The van der Waals surface area contributed by atoms with Crippen LogP contribution in [0, 0.1) is 6.92 Å². The Balaban J connectivity index is 1.95. The summed E-state index contributed by atoms with van der Waals surface area (Å²) in [5.41, 5.74) is 1.37. The number of amides is 1. The van der Waals surface area contributed by atoms with E-state index < -0.39 is 11.7 Å². The van der Waals surface area contributed by atoms with Crippen molar-refractivity contribution < 1.29 is 22.7 Å². The first kappa shape index (κ1) is 22.0. The number of carbonyl (C=O) groups is 1. The highest BCUT2D eigenvalue weighted by atomic mass is 32.2. The summed E-state index contributed by atoms with van der Waals surface area (Å²) in [5, 5.41) is 3.83. The van der Waals surface area contributed by atoms with E-state index in [1.807, 2.05) is 19.1 Å². The second kappa shape index (κ2) is 8.95. The average molecular weight is 434 g/mol. The Morgan fingerprint density at radius 2 is 1.87 bits per heavy atom. The van der Waals surface area contributed by atoms with Gasteiger partial charge in [-0.3, -0.25) is 4.79 Å². The third kappa shape index (κ3) is 4.70. The van der Waals surface area contributed by atoms with Crippen molar-refractivity contribution in [2.24, 2.45) is 0 Å². The maximum atomic E-state index is 13.1. The fourth-order valence-electron chi connectivity index (χ4n) is 3.10. The van der Waals surface area contributed by atoms with Crippen LogP contribution in [0.3, 0.4) is 0 Å². The molecule has 1 amide bonds. The summed E-state index contributed by atoms with van der Waals surface area (Å²) in [6, 6.07) is 10.7. The molecule has 158 valence electrons. The normalized spacial score (nSPS) is 11.5. The summed E-state index contributed by atoms with van der Waals surface area (Å²) in [4.78, 5) is 17.3. The number of alkyl halides is 3. The smallest absolute Gasteiger partial charge is 0.416 e. The number of rotatable bonds is 6. The number of nitrogens with zero attached hydrogens (tertiary/aromatic N) is 1. The lowest BCUT2D eigenvalue weighted by Gasteiger charge is -2.15. The first-order valence-electron chi connectivity index (χ1n) is 9.30. The maximum absolute atomic E-state index is 13.1. The van der Waals surface area contributed by atoms with Crippen LogP contribution >= 0.6 is 11.8 Å². The van der Waals surface area contributed by atoms with Crippen LogP contribution in [0.1, 0.15) is 34.0 Å². The Morgan fingerprint density at radius 1 is 1.17 bits per heavy atom. The highest BCUT2D eigenvalue weighted by Gasteiger charge is 2.31. The van der Waals surface area contributed by atoms with E-state index in [9.17, 15) is 18.0 Å².